The fourth-order valence-electron chi connectivity index (χ4n) is 3.66. The summed E-state index contributed by atoms with van der Waals surface area (Å²) in [5.74, 6) is -0.428. The van der Waals surface area contributed by atoms with E-state index in [4.69, 9.17) is 15.2 Å². The number of nitrogens with two attached hydrogens (primary N) is 1. The van der Waals surface area contributed by atoms with E-state index in [1.807, 2.05) is 0 Å². The minimum atomic E-state index is -1.13. The predicted molar refractivity (Wildman–Crippen MR) is 133 cm³/mol. The molecule has 0 saturated carbocycles. The molecule has 2 amide bonds. The molecule has 0 aliphatic carbocycles. The van der Waals surface area contributed by atoms with E-state index in [0.717, 1.165) is 28.4 Å². The molecule has 2 saturated heterocycles. The number of thiazole rings is 1. The number of hydrogen-bond donors (Lipinski definition) is 3. The average Bonchev–Trinajstić information content (AvgIpc) is 3.48. The van der Waals surface area contributed by atoms with Crippen molar-refractivity contribution in [2.24, 2.45) is 5.16 Å². The zero-order chi connectivity index (χ0) is 25.3. The van der Waals surface area contributed by atoms with Crippen molar-refractivity contribution in [3.8, 4) is 0 Å². The Kier molecular flexibility index (Phi) is 7.83. The summed E-state index contributed by atoms with van der Waals surface area (Å²) in [6.45, 7) is 2.61. The molecular weight excluding hydrogens is 539 g/mol. The first-order valence-corrected chi connectivity index (χ1v) is 14.3. The van der Waals surface area contributed by atoms with Crippen LogP contribution in [0.2, 0.25) is 0 Å². The molecule has 0 radical (unpaired) electrons. The van der Waals surface area contributed by atoms with Crippen LogP contribution in [0.1, 0.15) is 19.5 Å². The lowest BCUT2D eigenvalue weighted by Crippen LogP contribution is -2.71. The Labute approximate surface area is 216 Å². The number of nitrogens with zero attached hydrogens (tertiary/aromatic N) is 3. The molecule has 4 heterocycles. The first-order chi connectivity index (χ1) is 16.7. The molecule has 4 rings (SSSR count). The van der Waals surface area contributed by atoms with Crippen molar-refractivity contribution in [1.82, 2.24) is 15.2 Å². The van der Waals surface area contributed by atoms with Crippen LogP contribution in [0, 0.1) is 0 Å². The van der Waals surface area contributed by atoms with Crippen LogP contribution in [-0.2, 0) is 28.7 Å². The van der Waals surface area contributed by atoms with Gasteiger partial charge in [-0.25, -0.2) is 9.78 Å². The molecule has 2 fully saturated rings. The second kappa shape index (κ2) is 10.7. The maximum atomic E-state index is 13.1. The molecule has 1 aromatic heterocycles. The van der Waals surface area contributed by atoms with Crippen LogP contribution >= 0.6 is 46.6 Å². The topological polar surface area (TPSA) is 174 Å². The van der Waals surface area contributed by atoms with Crippen molar-refractivity contribution in [3.63, 3.8) is 0 Å². The molecule has 4 N–H and O–H groups in total. The van der Waals surface area contributed by atoms with Gasteiger partial charge in [-0.05, 0) is 5.57 Å². The Balaban J connectivity index is 1.54. The van der Waals surface area contributed by atoms with Crippen LogP contribution < -0.4 is 11.1 Å². The number of thioether (sulfide) groups is 3. The zero-order valence-electron chi connectivity index (χ0n) is 18.5. The van der Waals surface area contributed by atoms with E-state index in [1.54, 1.807) is 23.5 Å². The number of carbonyl (C=O) groups is 4. The van der Waals surface area contributed by atoms with E-state index in [0.29, 0.717) is 5.75 Å². The van der Waals surface area contributed by atoms with Gasteiger partial charge in [0.15, 0.2) is 10.8 Å². The normalized spacial score (nSPS) is 23.4. The quantitative estimate of drug-likeness (QED) is 0.107. The van der Waals surface area contributed by atoms with Crippen LogP contribution in [-0.4, -0.2) is 84.1 Å². The van der Waals surface area contributed by atoms with E-state index in [-0.39, 0.29) is 26.8 Å². The fourth-order valence-corrected chi connectivity index (χ4v) is 8.76. The minimum absolute atomic E-state index is 0.0141. The number of nitrogen functional groups attached to an aromatic ring is 1. The second-order valence-electron chi connectivity index (χ2n) is 7.41. The van der Waals surface area contributed by atoms with Crippen LogP contribution in [0.5, 0.6) is 0 Å². The fraction of sp³-hybridized carbons (Fsp3) is 0.474. The summed E-state index contributed by atoms with van der Waals surface area (Å²) in [6, 6.07) is -0.959. The zero-order valence-corrected chi connectivity index (χ0v) is 21.7. The number of amides is 2. The van der Waals surface area contributed by atoms with Gasteiger partial charge in [0.05, 0.1) is 4.58 Å². The third-order valence-electron chi connectivity index (χ3n) is 5.07. The highest BCUT2D eigenvalue weighted by molar-refractivity contribution is 8.20. The number of nitrogens with one attached hydrogen (secondary N) is 1. The number of rotatable bonds is 7. The first kappa shape index (κ1) is 25.7. The molecule has 0 aromatic carbocycles. The van der Waals surface area contributed by atoms with Crippen LogP contribution in [0.15, 0.2) is 21.8 Å². The van der Waals surface area contributed by atoms with Gasteiger partial charge in [0.25, 0.3) is 11.8 Å². The number of β-lactam (4-membered cyclic amide) rings is 1. The molecule has 12 nitrogen and oxygen atoms in total. The van der Waals surface area contributed by atoms with E-state index >= 15 is 0 Å². The molecule has 35 heavy (non-hydrogen) atoms. The third-order valence-corrected chi connectivity index (χ3v) is 10.2. The number of fused-ring (bicyclic) bond motifs is 1. The highest BCUT2D eigenvalue weighted by atomic mass is 32.2. The molecule has 1 aromatic rings. The highest BCUT2D eigenvalue weighted by Crippen LogP contribution is 2.47. The lowest BCUT2D eigenvalue weighted by atomic mass is 10.0. The van der Waals surface area contributed by atoms with E-state index < -0.39 is 41.5 Å². The smallest absolute Gasteiger partial charge is 0.358 e. The summed E-state index contributed by atoms with van der Waals surface area (Å²) in [6.07, 6.45) is -1.13. The summed E-state index contributed by atoms with van der Waals surface area (Å²) < 4.78 is 10.2. The molecule has 0 bridgehead atoms. The summed E-state index contributed by atoms with van der Waals surface area (Å²) in [4.78, 5) is 55.4. The van der Waals surface area contributed by atoms with E-state index in [9.17, 15) is 24.4 Å². The third kappa shape index (κ3) is 5.24. The van der Waals surface area contributed by atoms with Crippen LogP contribution in [0.3, 0.4) is 0 Å². The van der Waals surface area contributed by atoms with E-state index in [1.165, 1.54) is 35.9 Å². The van der Waals surface area contributed by atoms with Crippen molar-refractivity contribution in [2.75, 3.05) is 23.0 Å². The summed E-state index contributed by atoms with van der Waals surface area (Å²) in [5, 5.41) is 16.0. The van der Waals surface area contributed by atoms with Gasteiger partial charge < -0.3 is 25.7 Å². The van der Waals surface area contributed by atoms with E-state index in [2.05, 4.69) is 15.5 Å². The summed E-state index contributed by atoms with van der Waals surface area (Å²) in [7, 11) is 0. The van der Waals surface area contributed by atoms with Crippen molar-refractivity contribution in [1.29, 1.82) is 0 Å². The number of aromatic nitrogens is 1. The maximum absolute atomic E-state index is 13.1. The number of oxime groups is 1. The van der Waals surface area contributed by atoms with Crippen molar-refractivity contribution in [2.45, 2.75) is 36.1 Å². The number of anilines is 1. The number of carbonyl (C=O) groups excluding carboxylic acids is 4. The van der Waals surface area contributed by atoms with Crippen LogP contribution in [0.4, 0.5) is 5.13 Å². The van der Waals surface area contributed by atoms with Gasteiger partial charge in [0.2, 0.25) is 6.29 Å². The molecule has 3 aliphatic rings. The summed E-state index contributed by atoms with van der Waals surface area (Å²) >= 11 is 5.83. The maximum Gasteiger partial charge on any atom is 0.358 e. The molecule has 0 spiro atoms. The number of ether oxygens (including phenoxy) is 2. The average molecular weight is 560 g/mol. The van der Waals surface area contributed by atoms with Gasteiger partial charge in [0, 0.05) is 36.5 Å². The Morgan fingerprint density at radius 1 is 1.29 bits per heavy atom. The molecule has 16 heteroatoms. The van der Waals surface area contributed by atoms with Gasteiger partial charge in [-0.2, -0.15) is 0 Å². The monoisotopic (exact) mass is 559 g/mol. The van der Waals surface area contributed by atoms with Gasteiger partial charge in [-0.3, -0.25) is 19.3 Å². The first-order valence-electron chi connectivity index (χ1n) is 10.2. The van der Waals surface area contributed by atoms with Crippen molar-refractivity contribution >= 4 is 81.2 Å². The Morgan fingerprint density at radius 2 is 2.00 bits per heavy atom. The Bertz CT molecular complexity index is 1120. The molecule has 1 unspecified atom stereocenters. The lowest BCUT2D eigenvalue weighted by Gasteiger charge is -2.50. The highest BCUT2D eigenvalue weighted by Gasteiger charge is 2.55. The molecular formula is C19H21N5O7S4. The predicted octanol–water partition coefficient (Wildman–Crippen LogP) is 0.816. The second-order valence-corrected chi connectivity index (χ2v) is 12.1. The van der Waals surface area contributed by atoms with Gasteiger partial charge in [0.1, 0.15) is 22.8 Å². The number of hydrogen-bond acceptors (Lipinski definition) is 14. The Hall–Kier alpha value is -2.43. The number of esters is 2. The minimum Gasteiger partial charge on any atom is -0.426 e. The molecule has 3 aliphatic heterocycles. The standard InChI is InChI=1S/C19H21N5O7S4/c1-7(25)30-8(2)31-17(28)13-9(18-32-3-4-33-18)5-34-16-12(15(27)24(13)16)22-14(26)11(23-29)10-6-35-19(20)21-10/h6,8,12,16,18,29H,3-5H2,1-2H3,(H2,20,21)(H,22,26)/b23-11-/t8?,12-,16-/m1/s1. The SMILES string of the molecule is CC(=O)OC(C)OC(=O)C1=C(C2SCCS2)CS[C@@H]2[C@H](NC(=O)/C(=N\O)c3csc(N)n3)C(=O)N12. The summed E-state index contributed by atoms with van der Waals surface area (Å²) in [5.41, 5.74) is 6.15. The van der Waals surface area contributed by atoms with Gasteiger partial charge in [-0.15, -0.1) is 46.6 Å². The lowest BCUT2D eigenvalue weighted by molar-refractivity contribution is -0.182. The van der Waals surface area contributed by atoms with Gasteiger partial charge in [-0.1, -0.05) is 5.16 Å². The molecule has 3 atom stereocenters. The van der Waals surface area contributed by atoms with Gasteiger partial charge >= 0.3 is 11.9 Å². The molecule has 188 valence electrons. The van der Waals surface area contributed by atoms with Crippen molar-refractivity contribution in [3.05, 3.63) is 22.3 Å². The van der Waals surface area contributed by atoms with Crippen molar-refractivity contribution < 1.29 is 33.9 Å². The largest absolute Gasteiger partial charge is 0.426 e. The Morgan fingerprint density at radius 3 is 2.60 bits per heavy atom. The van der Waals surface area contributed by atoms with Crippen LogP contribution in [0.25, 0.3) is 0 Å².